The van der Waals surface area contributed by atoms with Crippen LogP contribution in [0.5, 0.6) is 5.75 Å². The monoisotopic (exact) mass is 650 g/mol. The number of unbranched alkanes of at least 4 members (excludes halogenated alkanes) is 6. The molecule has 2 aliphatic rings. The number of hydrogen-bond donors (Lipinski definition) is 3. The molecular formula is C29H43BrN6O4S. The van der Waals surface area contributed by atoms with Crippen molar-refractivity contribution in [3.05, 3.63) is 34.4 Å². The molecule has 0 atom stereocenters. The predicted molar refractivity (Wildman–Crippen MR) is 166 cm³/mol. The topological polar surface area (TPSA) is 126 Å². The SMILES string of the molecule is CCCCCCCCCC(=O)NCCS(=O)(=O)N1CCC(Nc2ncc(Br)c(Nc3cccc4c3OCC4)n2)CC1. The minimum Gasteiger partial charge on any atom is -0.491 e. The number of anilines is 3. The molecule has 1 amide bonds. The Morgan fingerprint density at radius 1 is 1.12 bits per heavy atom. The first-order valence-electron chi connectivity index (χ1n) is 14.9. The molecule has 4 rings (SSSR count). The van der Waals surface area contributed by atoms with Crippen molar-refractivity contribution in [2.45, 2.75) is 83.6 Å². The minimum atomic E-state index is -3.43. The molecule has 1 aromatic heterocycles. The van der Waals surface area contributed by atoms with E-state index >= 15 is 0 Å². The molecule has 3 heterocycles. The van der Waals surface area contributed by atoms with Gasteiger partial charge in [-0.1, -0.05) is 57.6 Å². The van der Waals surface area contributed by atoms with Gasteiger partial charge in [-0.25, -0.2) is 17.7 Å². The minimum absolute atomic E-state index is 0.0569. The number of ether oxygens (including phenoxy) is 1. The van der Waals surface area contributed by atoms with Crippen molar-refractivity contribution >= 4 is 49.3 Å². The molecule has 226 valence electrons. The summed E-state index contributed by atoms with van der Waals surface area (Å²) >= 11 is 3.52. The van der Waals surface area contributed by atoms with Crippen molar-refractivity contribution in [2.24, 2.45) is 0 Å². The van der Waals surface area contributed by atoms with Crippen LogP contribution in [0.2, 0.25) is 0 Å². The highest BCUT2D eigenvalue weighted by Gasteiger charge is 2.28. The molecule has 3 N–H and O–H groups in total. The van der Waals surface area contributed by atoms with Crippen molar-refractivity contribution in [1.82, 2.24) is 19.6 Å². The van der Waals surface area contributed by atoms with Gasteiger partial charge in [0.2, 0.25) is 21.9 Å². The molecule has 2 aromatic rings. The second-order valence-electron chi connectivity index (χ2n) is 10.8. The second-order valence-corrected chi connectivity index (χ2v) is 13.7. The van der Waals surface area contributed by atoms with Gasteiger partial charge in [-0.2, -0.15) is 4.98 Å². The number of nitrogens with zero attached hydrogens (tertiary/aromatic N) is 3. The summed E-state index contributed by atoms with van der Waals surface area (Å²) in [5, 5.41) is 9.49. The van der Waals surface area contributed by atoms with Gasteiger partial charge in [0.15, 0.2) is 0 Å². The number of nitrogens with one attached hydrogen (secondary N) is 3. The Balaban J connectivity index is 1.17. The van der Waals surface area contributed by atoms with Crippen molar-refractivity contribution in [1.29, 1.82) is 0 Å². The van der Waals surface area contributed by atoms with Gasteiger partial charge >= 0.3 is 0 Å². The maximum absolute atomic E-state index is 12.9. The number of amides is 1. The van der Waals surface area contributed by atoms with Crippen LogP contribution in [0.1, 0.15) is 76.7 Å². The molecule has 41 heavy (non-hydrogen) atoms. The van der Waals surface area contributed by atoms with Crippen LogP contribution in [-0.2, 0) is 21.2 Å². The van der Waals surface area contributed by atoms with Crippen LogP contribution in [0.15, 0.2) is 28.9 Å². The molecule has 1 fully saturated rings. The molecule has 0 bridgehead atoms. The summed E-state index contributed by atoms with van der Waals surface area (Å²) in [5.41, 5.74) is 2.03. The summed E-state index contributed by atoms with van der Waals surface area (Å²) in [6, 6.07) is 6.08. The molecule has 0 aliphatic carbocycles. The highest BCUT2D eigenvalue weighted by atomic mass is 79.9. The Morgan fingerprint density at radius 3 is 2.66 bits per heavy atom. The molecule has 12 heteroatoms. The lowest BCUT2D eigenvalue weighted by Crippen LogP contribution is -2.45. The molecule has 0 radical (unpaired) electrons. The Kier molecular flexibility index (Phi) is 12.1. The van der Waals surface area contributed by atoms with E-state index in [-0.39, 0.29) is 24.2 Å². The smallest absolute Gasteiger partial charge is 0.224 e. The number of sulfonamides is 1. The Labute approximate surface area is 252 Å². The van der Waals surface area contributed by atoms with Crippen molar-refractivity contribution in [2.75, 3.05) is 42.6 Å². The standard InChI is InChI=1S/C29H43BrN6O4S/c1-2-3-4-5-6-7-8-12-26(37)31-16-20-41(38,39)36-17-13-23(14-18-36)33-29-32-21-24(30)28(35-29)34-25-11-9-10-22-15-19-40-27(22)25/h9-11,21,23H,2-8,12-20H2,1H3,(H,31,37)(H2,32,33,34,35). The maximum atomic E-state index is 12.9. The summed E-state index contributed by atoms with van der Waals surface area (Å²) in [4.78, 5) is 21.2. The van der Waals surface area contributed by atoms with Crippen molar-refractivity contribution < 1.29 is 17.9 Å². The third-order valence-electron chi connectivity index (χ3n) is 7.58. The molecule has 1 saturated heterocycles. The predicted octanol–water partition coefficient (Wildman–Crippen LogP) is 5.38. The number of para-hydroxylation sites is 1. The Bertz CT molecular complexity index is 1250. The van der Waals surface area contributed by atoms with E-state index in [1.165, 1.54) is 35.6 Å². The van der Waals surface area contributed by atoms with Crippen LogP contribution in [0.3, 0.4) is 0 Å². The number of halogens is 1. The summed E-state index contributed by atoms with van der Waals surface area (Å²) in [6.07, 6.45) is 12.4. The molecule has 10 nitrogen and oxygen atoms in total. The number of aromatic nitrogens is 2. The number of fused-ring (bicyclic) bond motifs is 1. The largest absolute Gasteiger partial charge is 0.491 e. The van der Waals surface area contributed by atoms with E-state index in [2.05, 4.69) is 54.8 Å². The van der Waals surface area contributed by atoms with Crippen LogP contribution in [0, 0.1) is 0 Å². The molecule has 2 aliphatic heterocycles. The number of benzene rings is 1. The van der Waals surface area contributed by atoms with E-state index in [4.69, 9.17) is 4.74 Å². The average Bonchev–Trinajstić information content (AvgIpc) is 3.45. The normalized spacial score (nSPS) is 15.8. The zero-order valence-electron chi connectivity index (χ0n) is 24.0. The Hall–Kier alpha value is -2.44. The molecule has 0 spiro atoms. The van der Waals surface area contributed by atoms with E-state index in [9.17, 15) is 13.2 Å². The fraction of sp³-hybridized carbons (Fsp3) is 0.621. The first-order valence-corrected chi connectivity index (χ1v) is 17.3. The Morgan fingerprint density at radius 2 is 1.88 bits per heavy atom. The zero-order valence-corrected chi connectivity index (χ0v) is 26.4. The fourth-order valence-electron chi connectivity index (χ4n) is 5.21. The van der Waals surface area contributed by atoms with Gasteiger partial charge in [0.25, 0.3) is 0 Å². The number of carbonyl (C=O) groups is 1. The van der Waals surface area contributed by atoms with Crippen LogP contribution in [0.4, 0.5) is 17.5 Å². The van der Waals surface area contributed by atoms with Crippen LogP contribution in [-0.4, -0.2) is 66.6 Å². The second kappa shape index (κ2) is 15.7. The lowest BCUT2D eigenvalue weighted by atomic mass is 10.1. The van der Waals surface area contributed by atoms with Crippen LogP contribution >= 0.6 is 15.9 Å². The lowest BCUT2D eigenvalue weighted by molar-refractivity contribution is -0.121. The van der Waals surface area contributed by atoms with E-state index in [0.29, 0.717) is 50.7 Å². The van der Waals surface area contributed by atoms with Crippen LogP contribution < -0.4 is 20.7 Å². The summed E-state index contributed by atoms with van der Waals surface area (Å²) in [6.45, 7) is 3.86. The van der Waals surface area contributed by atoms with Crippen molar-refractivity contribution in [3.8, 4) is 5.75 Å². The summed E-state index contributed by atoms with van der Waals surface area (Å²) in [7, 11) is -3.43. The molecule has 0 saturated carbocycles. The first kappa shape index (κ1) is 31.5. The third kappa shape index (κ3) is 9.54. The number of carbonyl (C=O) groups excluding carboxylic acids is 1. The van der Waals surface area contributed by atoms with Gasteiger partial charge in [-0.3, -0.25) is 4.79 Å². The average molecular weight is 652 g/mol. The van der Waals surface area contributed by atoms with Crippen molar-refractivity contribution in [3.63, 3.8) is 0 Å². The number of rotatable bonds is 16. The summed E-state index contributed by atoms with van der Waals surface area (Å²) in [5.74, 6) is 1.82. The van der Waals surface area contributed by atoms with Crippen LogP contribution in [0.25, 0.3) is 0 Å². The fourth-order valence-corrected chi connectivity index (χ4v) is 6.88. The van der Waals surface area contributed by atoms with E-state index in [0.717, 1.165) is 41.6 Å². The van der Waals surface area contributed by atoms with Gasteiger partial charge in [0.05, 0.1) is 22.5 Å². The number of hydrogen-bond acceptors (Lipinski definition) is 8. The van der Waals surface area contributed by atoms with Gasteiger partial charge < -0.3 is 20.7 Å². The zero-order chi connectivity index (χ0) is 29.1. The highest BCUT2D eigenvalue weighted by molar-refractivity contribution is 9.10. The highest BCUT2D eigenvalue weighted by Crippen LogP contribution is 2.36. The lowest BCUT2D eigenvalue weighted by Gasteiger charge is -2.31. The van der Waals surface area contributed by atoms with E-state index in [1.807, 2.05) is 12.1 Å². The van der Waals surface area contributed by atoms with Gasteiger partial charge in [-0.15, -0.1) is 0 Å². The van der Waals surface area contributed by atoms with E-state index < -0.39 is 10.0 Å². The molecular weight excluding hydrogens is 608 g/mol. The first-order chi connectivity index (χ1) is 19.9. The molecule has 0 unspecified atom stereocenters. The quantitative estimate of drug-likeness (QED) is 0.207. The molecule has 1 aromatic carbocycles. The van der Waals surface area contributed by atoms with Gasteiger partial charge in [0, 0.05) is 44.7 Å². The number of piperidine rings is 1. The summed E-state index contributed by atoms with van der Waals surface area (Å²) < 4.78 is 33.8. The van der Waals surface area contributed by atoms with E-state index in [1.54, 1.807) is 6.20 Å². The third-order valence-corrected chi connectivity index (χ3v) is 10.0. The van der Waals surface area contributed by atoms with Gasteiger partial charge in [-0.05, 0) is 46.8 Å². The maximum Gasteiger partial charge on any atom is 0.224 e. The van der Waals surface area contributed by atoms with Gasteiger partial charge in [0.1, 0.15) is 11.6 Å².